The Labute approximate surface area is 257 Å². The topological polar surface area (TPSA) is 122 Å². The first-order valence-electron chi connectivity index (χ1n) is 14.3. The highest BCUT2D eigenvalue weighted by Crippen LogP contribution is 2.35. The van der Waals surface area contributed by atoms with Crippen molar-refractivity contribution in [2.24, 2.45) is 7.05 Å². The van der Waals surface area contributed by atoms with Gasteiger partial charge in [-0.05, 0) is 68.1 Å². The molecule has 1 atom stereocenters. The molecule has 1 aliphatic carbocycles. The number of benzene rings is 1. The summed E-state index contributed by atoms with van der Waals surface area (Å²) in [4.78, 5) is 51.5. The normalized spacial score (nSPS) is 16.9. The molecule has 1 aliphatic heterocycles. The van der Waals surface area contributed by atoms with Gasteiger partial charge in [-0.3, -0.25) is 19.8 Å². The molecule has 0 spiro atoms. The molecule has 2 N–H and O–H groups in total. The van der Waals surface area contributed by atoms with E-state index >= 15 is 0 Å². The van der Waals surface area contributed by atoms with E-state index in [2.05, 4.69) is 20.6 Å². The van der Waals surface area contributed by atoms with Gasteiger partial charge in [-0.1, -0.05) is 12.1 Å². The van der Waals surface area contributed by atoms with E-state index in [1.165, 1.54) is 44.7 Å². The van der Waals surface area contributed by atoms with Crippen molar-refractivity contribution in [1.29, 1.82) is 0 Å². The fourth-order valence-corrected chi connectivity index (χ4v) is 6.60. The predicted octanol–water partition coefficient (Wildman–Crippen LogP) is 4.72. The highest BCUT2D eigenvalue weighted by molar-refractivity contribution is 7.14. The number of rotatable bonds is 6. The van der Waals surface area contributed by atoms with Crippen molar-refractivity contribution in [2.45, 2.75) is 31.7 Å². The standard InChI is InChI=1S/C31H32FN7O4S/c1-37-12-13-38(2)29(40)27(37)18-8-10-21(11-9-18)33-28-30(41)39(3)17-22(34-28)20-14-24(32)35-25(15-20)36-31(42)43-26-16-19-6-4-5-7-23(19)44-26/h8-11,14-17,27H,4-7,12-13H2,1-3H3,(H,33,34)(H,35,36,42). The molecule has 4 heterocycles. The van der Waals surface area contributed by atoms with Gasteiger partial charge >= 0.3 is 6.09 Å². The number of nitrogens with zero attached hydrogens (tertiary/aromatic N) is 5. The Kier molecular flexibility index (Phi) is 8.15. The number of aryl methyl sites for hydroxylation is 3. The molecule has 2 aliphatic rings. The fourth-order valence-electron chi connectivity index (χ4n) is 5.50. The minimum Gasteiger partial charge on any atom is -0.399 e. The van der Waals surface area contributed by atoms with Crippen LogP contribution in [-0.2, 0) is 24.7 Å². The molecule has 228 valence electrons. The van der Waals surface area contributed by atoms with Crippen molar-refractivity contribution < 1.29 is 18.7 Å². The number of thiophene rings is 1. The maximum Gasteiger partial charge on any atom is 0.419 e. The second kappa shape index (κ2) is 12.2. The molecule has 4 aromatic rings. The molecule has 6 rings (SSSR count). The summed E-state index contributed by atoms with van der Waals surface area (Å²) in [6.45, 7) is 1.44. The highest BCUT2D eigenvalue weighted by atomic mass is 32.1. The van der Waals surface area contributed by atoms with E-state index in [4.69, 9.17) is 4.74 Å². The van der Waals surface area contributed by atoms with E-state index in [-0.39, 0.29) is 29.3 Å². The molecule has 1 fully saturated rings. The summed E-state index contributed by atoms with van der Waals surface area (Å²) in [6.07, 6.45) is 4.88. The van der Waals surface area contributed by atoms with Gasteiger partial charge < -0.3 is 19.5 Å². The molecule has 13 heteroatoms. The van der Waals surface area contributed by atoms with Crippen LogP contribution >= 0.6 is 11.3 Å². The Morgan fingerprint density at radius 1 is 1.02 bits per heavy atom. The van der Waals surface area contributed by atoms with Crippen molar-refractivity contribution >= 4 is 40.7 Å². The largest absolute Gasteiger partial charge is 0.419 e. The van der Waals surface area contributed by atoms with Crippen molar-refractivity contribution in [3.8, 4) is 16.3 Å². The summed E-state index contributed by atoms with van der Waals surface area (Å²) < 4.78 is 21.4. The number of piperazine rings is 1. The Balaban J connectivity index is 1.19. The molecule has 0 bridgehead atoms. The van der Waals surface area contributed by atoms with Crippen LogP contribution in [0.4, 0.5) is 26.5 Å². The van der Waals surface area contributed by atoms with E-state index in [9.17, 15) is 18.8 Å². The Bertz CT molecular complexity index is 1770. The summed E-state index contributed by atoms with van der Waals surface area (Å²) in [5.74, 6) is -0.839. The average Bonchev–Trinajstić information content (AvgIpc) is 3.40. The minimum absolute atomic E-state index is 0.0242. The number of hydrogen-bond acceptors (Lipinski definition) is 9. The lowest BCUT2D eigenvalue weighted by Gasteiger charge is -2.37. The zero-order valence-electron chi connectivity index (χ0n) is 24.6. The van der Waals surface area contributed by atoms with Gasteiger partial charge in [0.25, 0.3) is 5.56 Å². The number of nitrogens with one attached hydrogen (secondary N) is 2. The van der Waals surface area contributed by atoms with E-state index in [0.29, 0.717) is 22.9 Å². The van der Waals surface area contributed by atoms with Gasteiger partial charge in [0.05, 0.1) is 5.69 Å². The van der Waals surface area contributed by atoms with Gasteiger partial charge in [0, 0.05) is 55.6 Å². The maximum absolute atomic E-state index is 14.6. The third kappa shape index (κ3) is 6.19. The fraction of sp³-hybridized carbons (Fsp3) is 0.323. The van der Waals surface area contributed by atoms with Crippen LogP contribution in [0.25, 0.3) is 11.3 Å². The lowest BCUT2D eigenvalue weighted by molar-refractivity contribution is -0.139. The second-order valence-corrected chi connectivity index (χ2v) is 12.2. The number of aromatic nitrogens is 3. The average molecular weight is 618 g/mol. The molecule has 0 radical (unpaired) electrons. The molecule has 44 heavy (non-hydrogen) atoms. The minimum atomic E-state index is -0.835. The monoisotopic (exact) mass is 617 g/mol. The molecule has 1 unspecified atom stereocenters. The number of hydrogen-bond donors (Lipinski definition) is 2. The number of anilines is 3. The smallest absolute Gasteiger partial charge is 0.399 e. The number of fused-ring (bicyclic) bond motifs is 1. The number of ether oxygens (including phenoxy) is 1. The lowest BCUT2D eigenvalue weighted by atomic mass is 10.00. The number of halogens is 1. The summed E-state index contributed by atoms with van der Waals surface area (Å²) in [7, 11) is 5.28. The molecule has 1 saturated heterocycles. The number of pyridine rings is 1. The number of carbonyl (C=O) groups excluding carboxylic acids is 2. The van der Waals surface area contributed by atoms with Gasteiger partial charge in [-0.15, -0.1) is 11.3 Å². The first-order valence-corrected chi connectivity index (χ1v) is 15.1. The Morgan fingerprint density at radius 2 is 1.80 bits per heavy atom. The highest BCUT2D eigenvalue weighted by Gasteiger charge is 2.31. The van der Waals surface area contributed by atoms with Crippen LogP contribution in [0.2, 0.25) is 0 Å². The van der Waals surface area contributed by atoms with Crippen molar-refractivity contribution in [3.63, 3.8) is 0 Å². The van der Waals surface area contributed by atoms with Gasteiger partial charge in [0.1, 0.15) is 11.9 Å². The van der Waals surface area contributed by atoms with Gasteiger partial charge in [0.15, 0.2) is 10.9 Å². The van der Waals surface area contributed by atoms with Gasteiger partial charge in [-0.25, -0.2) is 14.8 Å². The molecule has 11 nitrogen and oxygen atoms in total. The first-order chi connectivity index (χ1) is 21.1. The van der Waals surface area contributed by atoms with E-state index in [1.807, 2.05) is 30.1 Å². The summed E-state index contributed by atoms with van der Waals surface area (Å²) >= 11 is 1.44. The first kappa shape index (κ1) is 29.5. The van der Waals surface area contributed by atoms with Crippen LogP contribution in [0.5, 0.6) is 5.06 Å². The quantitative estimate of drug-likeness (QED) is 0.298. The third-order valence-electron chi connectivity index (χ3n) is 7.89. The molecular weight excluding hydrogens is 585 g/mol. The maximum atomic E-state index is 14.6. The van der Waals surface area contributed by atoms with Crippen LogP contribution in [0.15, 0.2) is 53.5 Å². The predicted molar refractivity (Wildman–Crippen MR) is 166 cm³/mol. The molecule has 1 aromatic carbocycles. The van der Waals surface area contributed by atoms with Crippen LogP contribution in [0.1, 0.15) is 34.9 Å². The SMILES string of the molecule is CN1CCN(C)C(c2ccc(Nc3nc(-c4cc(F)nc(NC(=O)Oc5cc6c(s5)CCCC6)c4)cn(C)c3=O)cc2)C1=O. The number of carbonyl (C=O) groups is 2. The van der Waals surface area contributed by atoms with Gasteiger partial charge in [0.2, 0.25) is 11.9 Å². The van der Waals surface area contributed by atoms with E-state index in [0.717, 1.165) is 37.8 Å². The molecule has 3 aromatic heterocycles. The van der Waals surface area contributed by atoms with Gasteiger partial charge in [-0.2, -0.15) is 4.39 Å². The summed E-state index contributed by atoms with van der Waals surface area (Å²) in [5, 5.41) is 6.02. The second-order valence-electron chi connectivity index (χ2n) is 11.1. The number of likely N-dealkylation sites (N-methyl/N-ethyl adjacent to an activating group) is 2. The molecule has 0 saturated carbocycles. The van der Waals surface area contributed by atoms with E-state index in [1.54, 1.807) is 31.1 Å². The van der Waals surface area contributed by atoms with Crippen molar-refractivity contribution in [3.05, 3.63) is 81.0 Å². The van der Waals surface area contributed by atoms with E-state index < -0.39 is 17.6 Å². The van der Waals surface area contributed by atoms with Crippen LogP contribution in [-0.4, -0.2) is 63.5 Å². The van der Waals surface area contributed by atoms with Crippen LogP contribution < -0.4 is 20.9 Å². The third-order valence-corrected chi connectivity index (χ3v) is 9.00. The Morgan fingerprint density at radius 3 is 2.57 bits per heavy atom. The zero-order valence-corrected chi connectivity index (χ0v) is 25.4. The Hall–Kier alpha value is -4.62. The van der Waals surface area contributed by atoms with Crippen molar-refractivity contribution in [1.82, 2.24) is 24.3 Å². The molecular formula is C31H32FN7O4S. The van der Waals surface area contributed by atoms with Crippen LogP contribution in [0, 0.1) is 5.95 Å². The zero-order chi connectivity index (χ0) is 31.0. The van der Waals surface area contributed by atoms with Crippen molar-refractivity contribution in [2.75, 3.05) is 37.8 Å². The summed E-state index contributed by atoms with van der Waals surface area (Å²) in [6, 6.07) is 11.4. The summed E-state index contributed by atoms with van der Waals surface area (Å²) in [5.41, 5.74) is 2.83. The number of amides is 2. The molecule has 2 amide bonds. The van der Waals surface area contributed by atoms with Crippen LogP contribution in [0.3, 0.4) is 0 Å². The lowest BCUT2D eigenvalue weighted by Crippen LogP contribution is -2.48.